The molecule has 0 aliphatic heterocycles. The fraction of sp³-hybridized carbons (Fsp3) is 0.129. The predicted octanol–water partition coefficient (Wildman–Crippen LogP) is 16.4. The van der Waals surface area contributed by atoms with Crippen molar-refractivity contribution in [3.8, 4) is 55.6 Å². The van der Waals surface area contributed by atoms with E-state index in [9.17, 15) is 0 Å². The fourth-order valence-corrected chi connectivity index (χ4v) is 11.9. The minimum absolute atomic E-state index is 0.114. The molecule has 3 aliphatic rings. The van der Waals surface area contributed by atoms with Crippen molar-refractivity contribution >= 4 is 17.1 Å². The summed E-state index contributed by atoms with van der Waals surface area (Å²) in [5.74, 6) is 0. The molecule has 0 heterocycles. The third-order valence-corrected chi connectivity index (χ3v) is 15.0. The van der Waals surface area contributed by atoms with Crippen LogP contribution in [0.25, 0.3) is 55.6 Å². The molecular formula is C62H49N. The SMILES string of the molecule is CC1(C)c2ccccc2-c2c(N(c3ccc(-c4ccccc4-c4cccc5c4C(C)(C)c4ccccc4-5)cc3)c3ccc4c(c3)C(C)(c3ccccc3)c3ccccc3-4)cccc21. The zero-order chi connectivity index (χ0) is 42.7. The zero-order valence-electron chi connectivity index (χ0n) is 36.6. The van der Waals surface area contributed by atoms with E-state index in [0.29, 0.717) is 0 Å². The van der Waals surface area contributed by atoms with Crippen LogP contribution in [0.1, 0.15) is 73.6 Å². The standard InChI is InChI=1S/C62H49N/c1-60(2)53-29-15-13-25-51(53)58-55(60)31-18-32-57(58)63(43-37-38-48-46-23-12-16-30-54(46)62(5,56(48)39-43)41-19-7-6-8-20-41)42-35-33-40(34-36-42)44-21-9-10-22-45(44)49-26-17-27-50-47-24-11-14-28-52(47)61(3,4)59(49)50/h6-39H,1-5H3. The van der Waals surface area contributed by atoms with Gasteiger partial charge in [-0.1, -0.05) is 204 Å². The Morgan fingerprint density at radius 3 is 1.52 bits per heavy atom. The molecule has 0 saturated carbocycles. The van der Waals surface area contributed by atoms with Crippen molar-refractivity contribution < 1.29 is 0 Å². The number of rotatable bonds is 6. The average molecular weight is 808 g/mol. The third kappa shape index (κ3) is 5.29. The molecule has 0 spiro atoms. The fourth-order valence-electron chi connectivity index (χ4n) is 11.9. The van der Waals surface area contributed by atoms with E-state index < -0.39 is 0 Å². The van der Waals surface area contributed by atoms with Crippen LogP contribution in [0.4, 0.5) is 17.1 Å². The van der Waals surface area contributed by atoms with Crippen molar-refractivity contribution in [3.63, 3.8) is 0 Å². The summed E-state index contributed by atoms with van der Waals surface area (Å²) in [6.07, 6.45) is 0. The van der Waals surface area contributed by atoms with Crippen LogP contribution in [0.5, 0.6) is 0 Å². The van der Waals surface area contributed by atoms with Gasteiger partial charge < -0.3 is 4.90 Å². The van der Waals surface area contributed by atoms with Crippen LogP contribution in [-0.4, -0.2) is 0 Å². The maximum absolute atomic E-state index is 2.52. The number of nitrogens with zero attached hydrogens (tertiary/aromatic N) is 1. The Hall–Kier alpha value is -7.22. The molecule has 63 heavy (non-hydrogen) atoms. The van der Waals surface area contributed by atoms with E-state index in [-0.39, 0.29) is 16.2 Å². The van der Waals surface area contributed by atoms with Crippen LogP contribution in [0, 0.1) is 0 Å². The maximum atomic E-state index is 2.52. The van der Waals surface area contributed by atoms with Gasteiger partial charge in [-0.15, -0.1) is 0 Å². The second-order valence-electron chi connectivity index (χ2n) is 19.0. The second-order valence-corrected chi connectivity index (χ2v) is 19.0. The van der Waals surface area contributed by atoms with E-state index in [1.54, 1.807) is 0 Å². The van der Waals surface area contributed by atoms with Crippen molar-refractivity contribution in [2.75, 3.05) is 4.90 Å². The van der Waals surface area contributed by atoms with Crippen molar-refractivity contribution in [3.05, 3.63) is 245 Å². The molecule has 0 saturated heterocycles. The molecular weight excluding hydrogens is 759 g/mol. The van der Waals surface area contributed by atoms with Crippen molar-refractivity contribution in [1.82, 2.24) is 0 Å². The molecule has 12 rings (SSSR count). The Morgan fingerprint density at radius 1 is 0.317 bits per heavy atom. The lowest BCUT2D eigenvalue weighted by Gasteiger charge is -2.32. The van der Waals surface area contributed by atoms with E-state index in [1.165, 1.54) is 100 Å². The summed E-state index contributed by atoms with van der Waals surface area (Å²) in [5.41, 5.74) is 25.4. The van der Waals surface area contributed by atoms with Crippen LogP contribution in [0.3, 0.4) is 0 Å². The van der Waals surface area contributed by atoms with Gasteiger partial charge in [0, 0.05) is 33.2 Å². The first kappa shape index (κ1) is 37.5. The highest BCUT2D eigenvalue weighted by Gasteiger charge is 2.42. The molecule has 0 bridgehead atoms. The smallest absolute Gasteiger partial charge is 0.0543 e. The van der Waals surface area contributed by atoms with Gasteiger partial charge >= 0.3 is 0 Å². The van der Waals surface area contributed by atoms with E-state index in [1.807, 2.05) is 0 Å². The lowest BCUT2D eigenvalue weighted by Crippen LogP contribution is -2.23. The summed E-state index contributed by atoms with van der Waals surface area (Å²) in [7, 11) is 0. The quantitative estimate of drug-likeness (QED) is 0.162. The molecule has 1 unspecified atom stereocenters. The minimum Gasteiger partial charge on any atom is -0.310 e. The molecule has 0 amide bonds. The maximum Gasteiger partial charge on any atom is 0.0543 e. The molecule has 0 radical (unpaired) electrons. The Kier molecular flexibility index (Phi) is 8.13. The van der Waals surface area contributed by atoms with Gasteiger partial charge in [0.1, 0.15) is 0 Å². The topological polar surface area (TPSA) is 3.24 Å². The third-order valence-electron chi connectivity index (χ3n) is 15.0. The second kappa shape index (κ2) is 13.6. The Labute approximate surface area is 372 Å². The van der Waals surface area contributed by atoms with E-state index in [4.69, 9.17) is 0 Å². The molecule has 1 nitrogen and oxygen atoms in total. The molecule has 0 fully saturated rings. The van der Waals surface area contributed by atoms with Crippen LogP contribution < -0.4 is 4.90 Å². The summed E-state index contributed by atoms with van der Waals surface area (Å²) in [5, 5.41) is 0. The molecule has 9 aromatic rings. The number of anilines is 3. The lowest BCUT2D eigenvalue weighted by atomic mass is 9.74. The molecule has 9 aromatic carbocycles. The highest BCUT2D eigenvalue weighted by Crippen LogP contribution is 2.58. The lowest BCUT2D eigenvalue weighted by molar-refractivity contribution is 0.660. The number of benzene rings is 9. The van der Waals surface area contributed by atoms with Gasteiger partial charge in [0.05, 0.1) is 5.69 Å². The van der Waals surface area contributed by atoms with Gasteiger partial charge in [0.25, 0.3) is 0 Å². The van der Waals surface area contributed by atoms with E-state index >= 15 is 0 Å². The molecule has 1 heteroatoms. The van der Waals surface area contributed by atoms with E-state index in [2.05, 4.69) is 246 Å². The predicted molar refractivity (Wildman–Crippen MR) is 265 cm³/mol. The van der Waals surface area contributed by atoms with Gasteiger partial charge in [0.2, 0.25) is 0 Å². The van der Waals surface area contributed by atoms with Crippen molar-refractivity contribution in [2.24, 2.45) is 0 Å². The van der Waals surface area contributed by atoms with Gasteiger partial charge in [-0.25, -0.2) is 0 Å². The Balaban J connectivity index is 1.04. The van der Waals surface area contributed by atoms with Gasteiger partial charge in [-0.3, -0.25) is 0 Å². The van der Waals surface area contributed by atoms with Crippen molar-refractivity contribution in [1.29, 1.82) is 0 Å². The zero-order valence-corrected chi connectivity index (χ0v) is 36.6. The first-order chi connectivity index (χ1) is 30.7. The van der Waals surface area contributed by atoms with Crippen LogP contribution in [0.2, 0.25) is 0 Å². The van der Waals surface area contributed by atoms with Gasteiger partial charge in [0.15, 0.2) is 0 Å². The summed E-state index contributed by atoms with van der Waals surface area (Å²) >= 11 is 0. The largest absolute Gasteiger partial charge is 0.310 e. The first-order valence-corrected chi connectivity index (χ1v) is 22.4. The molecule has 0 aromatic heterocycles. The summed E-state index contributed by atoms with van der Waals surface area (Å²) in [4.78, 5) is 2.52. The molecule has 302 valence electrons. The normalized spacial score (nSPS) is 16.7. The average Bonchev–Trinajstić information content (AvgIpc) is 3.84. The summed E-state index contributed by atoms with van der Waals surface area (Å²) in [6, 6.07) is 77.3. The molecule has 3 aliphatic carbocycles. The Morgan fingerprint density at radius 2 is 0.810 bits per heavy atom. The number of fused-ring (bicyclic) bond motifs is 9. The number of hydrogen-bond acceptors (Lipinski definition) is 1. The van der Waals surface area contributed by atoms with Gasteiger partial charge in [-0.05, 0) is 126 Å². The van der Waals surface area contributed by atoms with Gasteiger partial charge in [-0.2, -0.15) is 0 Å². The van der Waals surface area contributed by atoms with Crippen LogP contribution >= 0.6 is 0 Å². The van der Waals surface area contributed by atoms with E-state index in [0.717, 1.165) is 11.4 Å². The highest BCUT2D eigenvalue weighted by atomic mass is 15.1. The highest BCUT2D eigenvalue weighted by molar-refractivity contribution is 5.97. The van der Waals surface area contributed by atoms with Crippen molar-refractivity contribution in [2.45, 2.75) is 50.9 Å². The first-order valence-electron chi connectivity index (χ1n) is 22.4. The minimum atomic E-state index is -0.316. The molecule has 1 atom stereocenters. The van der Waals surface area contributed by atoms with Crippen LogP contribution in [-0.2, 0) is 16.2 Å². The monoisotopic (exact) mass is 807 g/mol. The Bertz CT molecular complexity index is 3290. The molecule has 0 N–H and O–H groups in total. The summed E-state index contributed by atoms with van der Waals surface area (Å²) in [6.45, 7) is 11.9. The summed E-state index contributed by atoms with van der Waals surface area (Å²) < 4.78 is 0. The van der Waals surface area contributed by atoms with Crippen LogP contribution in [0.15, 0.2) is 206 Å². The number of hydrogen-bond donors (Lipinski definition) is 0.